The first-order valence-electron chi connectivity index (χ1n) is 15.7. The van der Waals surface area contributed by atoms with Crippen molar-refractivity contribution in [3.8, 4) is 0 Å². The number of hydrogen-bond acceptors (Lipinski definition) is 6. The highest BCUT2D eigenvalue weighted by Gasteiger charge is 2.42. The van der Waals surface area contributed by atoms with Crippen molar-refractivity contribution < 1.29 is 19.2 Å². The second kappa shape index (κ2) is 19.1. The summed E-state index contributed by atoms with van der Waals surface area (Å²) in [6.45, 7) is 1.15. The second-order valence-corrected chi connectivity index (χ2v) is 16.2. The van der Waals surface area contributed by atoms with E-state index in [1.165, 1.54) is 22.4 Å². The average Bonchev–Trinajstić information content (AvgIpc) is 3.59. The van der Waals surface area contributed by atoms with Crippen molar-refractivity contribution in [3.63, 3.8) is 0 Å². The Morgan fingerprint density at radius 2 is 1.39 bits per heavy atom. The van der Waals surface area contributed by atoms with E-state index in [-0.39, 0.29) is 35.0 Å². The van der Waals surface area contributed by atoms with E-state index in [9.17, 15) is 19.2 Å². The van der Waals surface area contributed by atoms with Crippen LogP contribution in [0.15, 0.2) is 60.7 Å². The lowest BCUT2D eigenvalue weighted by atomic mass is 10.0. The molecular weight excluding hydrogens is 611 g/mol. The van der Waals surface area contributed by atoms with E-state index in [0.717, 1.165) is 49.8 Å². The molecule has 44 heavy (non-hydrogen) atoms. The number of unbranched alkanes of at least 4 members (excludes halogenated alkanes) is 3. The van der Waals surface area contributed by atoms with Gasteiger partial charge in [0.1, 0.15) is 0 Å². The molecule has 0 radical (unpaired) electrons. The SMILES string of the molecule is O=C(CCCC[C@H]1SCC2NC(=O)NC21)NCCCCCC(=O)NCCCC(=O)SCP(c1ccccc1)c1ccccc1. The zero-order valence-corrected chi connectivity index (χ0v) is 27.8. The second-order valence-electron chi connectivity index (χ2n) is 11.2. The number of amides is 4. The number of rotatable bonds is 19. The summed E-state index contributed by atoms with van der Waals surface area (Å²) >= 11 is 3.31. The largest absolute Gasteiger partial charge is 0.356 e. The van der Waals surface area contributed by atoms with Crippen LogP contribution in [0.25, 0.3) is 0 Å². The maximum Gasteiger partial charge on any atom is 0.315 e. The quantitative estimate of drug-likeness (QED) is 0.0996. The first-order valence-corrected chi connectivity index (χ1v) is 19.3. The minimum Gasteiger partial charge on any atom is -0.356 e. The van der Waals surface area contributed by atoms with E-state index in [0.29, 0.717) is 44.0 Å². The molecule has 2 fully saturated rings. The first kappa shape index (κ1) is 34.3. The molecule has 0 bridgehead atoms. The third-order valence-electron chi connectivity index (χ3n) is 7.85. The summed E-state index contributed by atoms with van der Waals surface area (Å²) in [6, 6.07) is 21.2. The number of nitrogens with one attached hydrogen (secondary N) is 4. The summed E-state index contributed by atoms with van der Waals surface area (Å²) in [5.74, 6) is 1.06. The monoisotopic (exact) mass is 656 g/mol. The Kier molecular flexibility index (Phi) is 14.9. The zero-order valence-electron chi connectivity index (χ0n) is 25.3. The lowest BCUT2D eigenvalue weighted by Gasteiger charge is -2.18. The van der Waals surface area contributed by atoms with Crippen molar-refractivity contribution in [3.05, 3.63) is 60.7 Å². The van der Waals surface area contributed by atoms with Crippen molar-refractivity contribution in [1.29, 1.82) is 0 Å². The molecule has 3 atom stereocenters. The van der Waals surface area contributed by atoms with Crippen molar-refractivity contribution >= 4 is 65.0 Å². The van der Waals surface area contributed by atoms with Crippen LogP contribution in [-0.4, -0.2) is 64.6 Å². The molecule has 11 heteroatoms. The van der Waals surface area contributed by atoms with E-state index in [4.69, 9.17) is 0 Å². The van der Waals surface area contributed by atoms with E-state index >= 15 is 0 Å². The Hall–Kier alpha value is -2.55. The summed E-state index contributed by atoms with van der Waals surface area (Å²) in [5.41, 5.74) is 0.759. The summed E-state index contributed by atoms with van der Waals surface area (Å²) in [4.78, 5) is 48.4. The summed E-state index contributed by atoms with van der Waals surface area (Å²) in [7, 11) is -0.600. The van der Waals surface area contributed by atoms with Gasteiger partial charge in [0.2, 0.25) is 11.8 Å². The Bertz CT molecular complexity index is 1170. The Morgan fingerprint density at radius 3 is 2.05 bits per heavy atom. The fraction of sp³-hybridized carbons (Fsp3) is 0.515. The van der Waals surface area contributed by atoms with E-state index in [1.807, 2.05) is 48.2 Å². The standard InChI is InChI=1S/C33H45N4O4PS2/c38-29(18-8-3-11-21-34-30(39)19-10-9-17-28-32-27(23-43-28)36-33(41)37-32)35-22-12-20-31(40)44-24-42(25-13-4-1-5-14-25)26-15-6-2-7-16-26/h1-2,4-7,13-16,27-28,32H,3,8-12,17-24H2,(H,34,39)(H,35,38)(H2,36,37,41)/t27?,28-,32?/m1/s1. The van der Waals surface area contributed by atoms with Gasteiger partial charge in [-0.1, -0.05) is 85.3 Å². The predicted octanol–water partition coefficient (Wildman–Crippen LogP) is 4.64. The van der Waals surface area contributed by atoms with Gasteiger partial charge in [-0.25, -0.2) is 4.79 Å². The van der Waals surface area contributed by atoms with Gasteiger partial charge in [-0.15, -0.1) is 0 Å². The molecule has 2 saturated heterocycles. The van der Waals surface area contributed by atoms with Crippen molar-refractivity contribution in [2.75, 3.05) is 24.3 Å². The molecule has 0 spiro atoms. The van der Waals surface area contributed by atoms with Crippen LogP contribution in [0, 0.1) is 0 Å². The van der Waals surface area contributed by atoms with Crippen LogP contribution >= 0.6 is 31.4 Å². The number of urea groups is 1. The molecule has 2 aliphatic heterocycles. The topological polar surface area (TPSA) is 116 Å². The van der Waals surface area contributed by atoms with E-state index in [2.05, 4.69) is 45.5 Å². The molecular formula is C33H45N4O4PS2. The number of fused-ring (bicyclic) bond motifs is 1. The molecule has 238 valence electrons. The van der Waals surface area contributed by atoms with Crippen LogP contribution in [0.1, 0.15) is 64.2 Å². The maximum absolute atomic E-state index is 12.6. The summed E-state index contributed by atoms with van der Waals surface area (Å²) in [6.07, 6.45) is 7.47. The van der Waals surface area contributed by atoms with Gasteiger partial charge in [0.05, 0.1) is 12.1 Å². The van der Waals surface area contributed by atoms with Gasteiger partial charge < -0.3 is 21.3 Å². The van der Waals surface area contributed by atoms with Gasteiger partial charge >= 0.3 is 6.03 Å². The van der Waals surface area contributed by atoms with Gasteiger partial charge in [-0.2, -0.15) is 11.8 Å². The lowest BCUT2D eigenvalue weighted by Crippen LogP contribution is -2.36. The Labute approximate surface area is 271 Å². The van der Waals surface area contributed by atoms with Gasteiger partial charge in [-0.3, -0.25) is 14.4 Å². The van der Waals surface area contributed by atoms with Crippen LogP contribution in [0.3, 0.4) is 0 Å². The highest BCUT2D eigenvalue weighted by atomic mass is 32.2. The molecule has 2 unspecified atom stereocenters. The number of hydrogen-bond donors (Lipinski definition) is 4. The van der Waals surface area contributed by atoms with Crippen LogP contribution in [-0.2, 0) is 14.4 Å². The lowest BCUT2D eigenvalue weighted by molar-refractivity contribution is -0.122. The fourth-order valence-corrected chi connectivity index (χ4v) is 10.9. The average molecular weight is 657 g/mol. The summed E-state index contributed by atoms with van der Waals surface area (Å²) < 4.78 is 0. The van der Waals surface area contributed by atoms with Crippen LogP contribution in [0.2, 0.25) is 0 Å². The number of thioether (sulfide) groups is 2. The number of benzene rings is 2. The Morgan fingerprint density at radius 1 is 0.773 bits per heavy atom. The molecule has 4 rings (SSSR count). The number of carbonyl (C=O) groups excluding carboxylic acids is 4. The minimum absolute atomic E-state index is 0.0190. The summed E-state index contributed by atoms with van der Waals surface area (Å²) in [5, 5.41) is 15.0. The minimum atomic E-state index is -0.600. The third kappa shape index (κ3) is 11.8. The van der Waals surface area contributed by atoms with Crippen molar-refractivity contribution in [2.24, 2.45) is 0 Å². The normalized spacial score (nSPS) is 18.8. The Balaban J connectivity index is 0.962. The highest BCUT2D eigenvalue weighted by molar-refractivity contribution is 8.18. The smallest absolute Gasteiger partial charge is 0.315 e. The number of carbonyl (C=O) groups is 4. The maximum atomic E-state index is 12.6. The zero-order chi connectivity index (χ0) is 31.0. The van der Waals surface area contributed by atoms with E-state index < -0.39 is 7.92 Å². The molecule has 2 heterocycles. The van der Waals surface area contributed by atoms with Gasteiger partial charge in [0, 0.05) is 48.8 Å². The predicted molar refractivity (Wildman–Crippen MR) is 184 cm³/mol. The van der Waals surface area contributed by atoms with Crippen LogP contribution in [0.5, 0.6) is 0 Å². The molecule has 8 nitrogen and oxygen atoms in total. The van der Waals surface area contributed by atoms with Gasteiger partial charge in [0.25, 0.3) is 0 Å². The first-order chi connectivity index (χ1) is 21.5. The molecule has 0 aliphatic carbocycles. The highest BCUT2D eigenvalue weighted by Crippen LogP contribution is 2.38. The third-order valence-corrected chi connectivity index (χ3v) is 13.3. The molecule has 0 aromatic heterocycles. The molecule has 2 aromatic rings. The molecule has 2 aliphatic rings. The van der Waals surface area contributed by atoms with E-state index in [1.54, 1.807) is 0 Å². The molecule has 4 N–H and O–H groups in total. The van der Waals surface area contributed by atoms with Gasteiger partial charge in [-0.05, 0) is 50.6 Å². The molecule has 2 aromatic carbocycles. The molecule has 0 saturated carbocycles. The van der Waals surface area contributed by atoms with Crippen LogP contribution < -0.4 is 31.9 Å². The van der Waals surface area contributed by atoms with Gasteiger partial charge in [0.15, 0.2) is 5.12 Å². The molecule has 4 amide bonds. The van der Waals surface area contributed by atoms with Crippen molar-refractivity contribution in [2.45, 2.75) is 81.5 Å². The fourth-order valence-electron chi connectivity index (χ4n) is 5.45. The van der Waals surface area contributed by atoms with Crippen LogP contribution in [0.4, 0.5) is 4.79 Å². The van der Waals surface area contributed by atoms with Crippen molar-refractivity contribution in [1.82, 2.24) is 21.3 Å².